The second kappa shape index (κ2) is 5.64. The largest absolute Gasteiger partial charge is 0.476 e. The van der Waals surface area contributed by atoms with Crippen molar-refractivity contribution in [3.8, 4) is 0 Å². The monoisotopic (exact) mass is 358 g/mol. The summed E-state index contributed by atoms with van der Waals surface area (Å²) in [7, 11) is 0. The van der Waals surface area contributed by atoms with E-state index < -0.39 is 17.6 Å². The highest BCUT2D eigenvalue weighted by Gasteiger charge is 2.26. The lowest BCUT2D eigenvalue weighted by molar-refractivity contribution is 0.0640. The van der Waals surface area contributed by atoms with Crippen LogP contribution in [0.15, 0.2) is 29.0 Å². The molecule has 0 radical (unpaired) electrons. The molecule has 104 valence electrons. The number of nitrogens with zero attached hydrogens (tertiary/aromatic N) is 2. The van der Waals surface area contributed by atoms with E-state index in [0.717, 1.165) is 5.56 Å². The molecule has 6 nitrogen and oxygen atoms in total. The molecule has 2 aromatic rings. The lowest BCUT2D eigenvalue weighted by atomic mass is 10.2. The molecule has 0 saturated heterocycles. The van der Waals surface area contributed by atoms with Crippen LogP contribution in [0.3, 0.4) is 0 Å². The summed E-state index contributed by atoms with van der Waals surface area (Å²) in [4.78, 5) is 26.0. The van der Waals surface area contributed by atoms with Gasteiger partial charge in [-0.25, -0.2) is 14.6 Å². The van der Waals surface area contributed by atoms with Crippen LogP contribution in [0.4, 0.5) is 0 Å². The Bertz CT molecular complexity index is 682. The maximum atomic E-state index is 11.2. The van der Waals surface area contributed by atoms with E-state index in [1.54, 1.807) is 24.3 Å². The van der Waals surface area contributed by atoms with E-state index in [9.17, 15) is 9.59 Å². The highest BCUT2D eigenvalue weighted by molar-refractivity contribution is 9.10. The topological polar surface area (TPSA) is 92.4 Å². The molecular formula is C12H8BrClN2O4. The van der Waals surface area contributed by atoms with Gasteiger partial charge in [-0.05, 0) is 33.6 Å². The van der Waals surface area contributed by atoms with Crippen molar-refractivity contribution in [3.05, 3.63) is 51.0 Å². The Morgan fingerprint density at radius 2 is 1.80 bits per heavy atom. The molecule has 0 aliphatic rings. The van der Waals surface area contributed by atoms with Gasteiger partial charge in [0.05, 0.1) is 6.54 Å². The minimum atomic E-state index is -1.39. The smallest absolute Gasteiger partial charge is 0.357 e. The average molecular weight is 360 g/mol. The number of halogens is 2. The Hall–Kier alpha value is -1.86. The van der Waals surface area contributed by atoms with Crippen molar-refractivity contribution in [2.24, 2.45) is 0 Å². The van der Waals surface area contributed by atoms with Gasteiger partial charge >= 0.3 is 11.9 Å². The first-order chi connectivity index (χ1) is 9.40. The van der Waals surface area contributed by atoms with Gasteiger partial charge in [-0.3, -0.25) is 0 Å². The van der Waals surface area contributed by atoms with E-state index in [1.807, 2.05) is 0 Å². The number of carboxylic acids is 2. The summed E-state index contributed by atoms with van der Waals surface area (Å²) in [5, 5.41) is 18.7. The Labute approximate surface area is 126 Å². The predicted molar refractivity (Wildman–Crippen MR) is 74.4 cm³/mol. The van der Waals surface area contributed by atoms with Crippen molar-refractivity contribution in [2.45, 2.75) is 6.54 Å². The number of aromatic nitrogens is 2. The van der Waals surface area contributed by atoms with Gasteiger partial charge in [0.2, 0.25) is 0 Å². The van der Waals surface area contributed by atoms with Crippen LogP contribution in [-0.2, 0) is 6.54 Å². The molecule has 0 fully saturated rings. The highest BCUT2D eigenvalue weighted by Crippen LogP contribution is 2.20. The fourth-order valence-corrected chi connectivity index (χ4v) is 2.31. The number of benzene rings is 1. The third-order valence-corrected chi connectivity index (χ3v) is 3.44. The van der Waals surface area contributed by atoms with Crippen LogP contribution in [0.2, 0.25) is 5.02 Å². The average Bonchev–Trinajstić information content (AvgIpc) is 2.70. The molecule has 1 aromatic carbocycles. The van der Waals surface area contributed by atoms with E-state index in [4.69, 9.17) is 21.8 Å². The van der Waals surface area contributed by atoms with Crippen molar-refractivity contribution in [1.82, 2.24) is 9.55 Å². The molecule has 2 rings (SSSR count). The zero-order valence-corrected chi connectivity index (χ0v) is 12.2. The summed E-state index contributed by atoms with van der Waals surface area (Å²) in [6.45, 7) is 0.166. The summed E-state index contributed by atoms with van der Waals surface area (Å²) in [5.41, 5.74) is -0.107. The van der Waals surface area contributed by atoms with E-state index in [2.05, 4.69) is 20.9 Å². The van der Waals surface area contributed by atoms with Crippen LogP contribution in [0.25, 0.3) is 0 Å². The number of imidazole rings is 1. The third-order valence-electron chi connectivity index (χ3n) is 2.58. The number of rotatable bonds is 4. The molecule has 0 aliphatic heterocycles. The van der Waals surface area contributed by atoms with E-state index >= 15 is 0 Å². The normalized spacial score (nSPS) is 10.5. The number of aromatic carboxylic acids is 2. The lowest BCUT2D eigenvalue weighted by Gasteiger charge is -2.07. The summed E-state index contributed by atoms with van der Waals surface area (Å²) < 4.78 is 1.41. The summed E-state index contributed by atoms with van der Waals surface area (Å²) in [6.07, 6.45) is 0. The van der Waals surface area contributed by atoms with Crippen molar-refractivity contribution < 1.29 is 19.8 Å². The van der Waals surface area contributed by atoms with Gasteiger partial charge in [0.15, 0.2) is 16.1 Å². The van der Waals surface area contributed by atoms with Crippen LogP contribution in [0, 0.1) is 0 Å². The Kier molecular flexibility index (Phi) is 4.10. The summed E-state index contributed by atoms with van der Waals surface area (Å²) >= 11 is 8.85. The van der Waals surface area contributed by atoms with E-state index in [1.165, 1.54) is 4.57 Å². The van der Waals surface area contributed by atoms with Crippen molar-refractivity contribution in [2.75, 3.05) is 0 Å². The molecule has 1 heterocycles. The first-order valence-electron chi connectivity index (χ1n) is 5.37. The maximum absolute atomic E-state index is 11.2. The molecular weight excluding hydrogens is 351 g/mol. The van der Waals surface area contributed by atoms with Crippen LogP contribution < -0.4 is 0 Å². The zero-order chi connectivity index (χ0) is 14.9. The minimum absolute atomic E-state index is 0.141. The molecule has 0 aliphatic carbocycles. The van der Waals surface area contributed by atoms with Crippen LogP contribution in [-0.4, -0.2) is 31.7 Å². The Morgan fingerprint density at radius 3 is 2.30 bits per heavy atom. The molecule has 0 saturated carbocycles. The molecule has 0 amide bonds. The van der Waals surface area contributed by atoms with Gasteiger partial charge in [0.1, 0.15) is 0 Å². The number of carbonyl (C=O) groups is 2. The second-order valence-electron chi connectivity index (χ2n) is 3.90. The molecule has 20 heavy (non-hydrogen) atoms. The quantitative estimate of drug-likeness (QED) is 0.875. The van der Waals surface area contributed by atoms with Gasteiger partial charge in [0.25, 0.3) is 0 Å². The Balaban J connectivity index is 2.48. The molecule has 1 aromatic heterocycles. The number of carboxylic acid groups (broad SMARTS) is 2. The van der Waals surface area contributed by atoms with Gasteiger partial charge in [-0.1, -0.05) is 23.7 Å². The Morgan fingerprint density at radius 1 is 1.20 bits per heavy atom. The first kappa shape index (κ1) is 14.5. The van der Waals surface area contributed by atoms with Gasteiger partial charge in [0, 0.05) is 5.02 Å². The molecule has 0 unspecified atom stereocenters. The second-order valence-corrected chi connectivity index (χ2v) is 5.05. The van der Waals surface area contributed by atoms with Crippen molar-refractivity contribution >= 4 is 39.5 Å². The number of hydrogen-bond acceptors (Lipinski definition) is 3. The molecule has 0 atom stereocenters. The van der Waals surface area contributed by atoms with E-state index in [-0.39, 0.29) is 17.0 Å². The van der Waals surface area contributed by atoms with Crippen LogP contribution in [0.1, 0.15) is 26.5 Å². The van der Waals surface area contributed by atoms with Crippen molar-refractivity contribution in [3.63, 3.8) is 0 Å². The predicted octanol–water partition coefficient (Wildman–Crippen LogP) is 2.74. The molecule has 0 spiro atoms. The summed E-state index contributed by atoms with van der Waals surface area (Å²) in [5.74, 6) is -2.74. The minimum Gasteiger partial charge on any atom is -0.476 e. The highest BCUT2D eigenvalue weighted by atomic mass is 79.9. The van der Waals surface area contributed by atoms with Gasteiger partial charge in [-0.2, -0.15) is 0 Å². The summed E-state index contributed by atoms with van der Waals surface area (Å²) in [6, 6.07) is 6.78. The standard InChI is InChI=1S/C12H8BrClN2O4/c13-12-15-8(10(17)18)9(11(19)20)16(12)5-6-1-3-7(14)4-2-6/h1-4H,5H2,(H,17,18)(H,19,20). The van der Waals surface area contributed by atoms with Crippen LogP contribution in [0.5, 0.6) is 0 Å². The van der Waals surface area contributed by atoms with Crippen molar-refractivity contribution in [1.29, 1.82) is 0 Å². The first-order valence-corrected chi connectivity index (χ1v) is 6.54. The maximum Gasteiger partial charge on any atom is 0.357 e. The fraction of sp³-hybridized carbons (Fsp3) is 0.0833. The van der Waals surface area contributed by atoms with Crippen LogP contribution >= 0.6 is 27.5 Å². The lowest BCUT2D eigenvalue weighted by Crippen LogP contribution is -2.14. The molecule has 2 N–H and O–H groups in total. The van der Waals surface area contributed by atoms with E-state index in [0.29, 0.717) is 5.02 Å². The molecule has 8 heteroatoms. The van der Waals surface area contributed by atoms with Gasteiger partial charge in [-0.15, -0.1) is 0 Å². The third kappa shape index (κ3) is 2.83. The molecule has 0 bridgehead atoms. The number of hydrogen-bond donors (Lipinski definition) is 2. The fourth-order valence-electron chi connectivity index (χ4n) is 1.71. The SMILES string of the molecule is O=C(O)c1nc(Br)n(Cc2ccc(Cl)cc2)c1C(=O)O. The zero-order valence-electron chi connectivity index (χ0n) is 9.88. The van der Waals surface area contributed by atoms with Gasteiger partial charge < -0.3 is 14.8 Å².